The van der Waals surface area contributed by atoms with E-state index in [4.69, 9.17) is 0 Å². The maximum absolute atomic E-state index is 13.2. The van der Waals surface area contributed by atoms with E-state index >= 15 is 0 Å². The van der Waals surface area contributed by atoms with E-state index in [1.165, 1.54) is 5.56 Å². The molecule has 2 fully saturated rings. The van der Waals surface area contributed by atoms with Crippen molar-refractivity contribution in [2.45, 2.75) is 32.5 Å². The van der Waals surface area contributed by atoms with Gasteiger partial charge in [0.25, 0.3) is 0 Å². The summed E-state index contributed by atoms with van der Waals surface area (Å²) in [5.74, 6) is 2.45. The number of benzene rings is 1. The molecule has 4 heterocycles. The molecular weight excluding hydrogens is 340 g/mol. The molecule has 0 saturated carbocycles. The van der Waals surface area contributed by atoms with Gasteiger partial charge >= 0.3 is 0 Å². The summed E-state index contributed by atoms with van der Waals surface area (Å²) in [4.78, 5) is 15.6. The van der Waals surface area contributed by atoms with Gasteiger partial charge in [0, 0.05) is 51.6 Å². The minimum Gasteiger partial charge on any atom is -0.348 e. The van der Waals surface area contributed by atoms with Gasteiger partial charge in [-0.05, 0) is 12.0 Å². The zero-order chi connectivity index (χ0) is 18.3. The van der Waals surface area contributed by atoms with Gasteiger partial charge in [0.15, 0.2) is 5.82 Å². The van der Waals surface area contributed by atoms with Crippen molar-refractivity contribution in [2.24, 2.45) is 11.3 Å². The van der Waals surface area contributed by atoms with Gasteiger partial charge in [-0.1, -0.05) is 30.3 Å². The normalized spacial score (nSPS) is 26.9. The fourth-order valence-electron chi connectivity index (χ4n) is 4.99. The summed E-state index contributed by atoms with van der Waals surface area (Å²) in [5.41, 5.74) is 0.975. The zero-order valence-corrected chi connectivity index (χ0v) is 15.5. The molecule has 2 aromatic rings. The first-order valence-electron chi connectivity index (χ1n) is 9.91. The van der Waals surface area contributed by atoms with Gasteiger partial charge in [0.05, 0.1) is 12.0 Å². The molecule has 7 heteroatoms. The lowest BCUT2D eigenvalue weighted by Gasteiger charge is -2.27. The Morgan fingerprint density at radius 1 is 1.30 bits per heavy atom. The molecule has 0 aliphatic carbocycles. The molecule has 0 spiro atoms. The van der Waals surface area contributed by atoms with Gasteiger partial charge in [-0.2, -0.15) is 0 Å². The van der Waals surface area contributed by atoms with E-state index in [-0.39, 0.29) is 11.3 Å². The number of rotatable bonds is 5. The molecule has 2 atom stereocenters. The van der Waals surface area contributed by atoms with Crippen molar-refractivity contribution in [1.82, 2.24) is 30.3 Å². The minimum atomic E-state index is -0.331. The maximum atomic E-state index is 13.2. The molecule has 27 heavy (non-hydrogen) atoms. The average Bonchev–Trinajstić information content (AvgIpc) is 3.41. The van der Waals surface area contributed by atoms with Crippen molar-refractivity contribution in [3.8, 4) is 0 Å². The SMILES string of the molecule is O=C(NCc1nnc2n1CCC2)[C@@]12CNC[C@@H]1CN(Cc1ccccc1)C2. The van der Waals surface area contributed by atoms with Crippen molar-refractivity contribution < 1.29 is 4.79 Å². The summed E-state index contributed by atoms with van der Waals surface area (Å²) >= 11 is 0. The van der Waals surface area contributed by atoms with E-state index in [1.54, 1.807) is 0 Å². The van der Waals surface area contributed by atoms with Gasteiger partial charge in [0.2, 0.25) is 5.91 Å². The van der Waals surface area contributed by atoms with Crippen LogP contribution in [0.2, 0.25) is 0 Å². The van der Waals surface area contributed by atoms with Crippen LogP contribution >= 0.6 is 0 Å². The topological polar surface area (TPSA) is 75.1 Å². The lowest BCUT2D eigenvalue weighted by molar-refractivity contribution is -0.131. The number of nitrogens with zero attached hydrogens (tertiary/aromatic N) is 4. The smallest absolute Gasteiger partial charge is 0.229 e. The minimum absolute atomic E-state index is 0.156. The Balaban J connectivity index is 1.26. The zero-order valence-electron chi connectivity index (χ0n) is 15.5. The third-order valence-electron chi connectivity index (χ3n) is 6.39. The first kappa shape index (κ1) is 16.9. The largest absolute Gasteiger partial charge is 0.348 e. The molecule has 2 saturated heterocycles. The van der Waals surface area contributed by atoms with Crippen molar-refractivity contribution in [3.05, 3.63) is 47.5 Å². The molecule has 0 unspecified atom stereocenters. The Morgan fingerprint density at radius 3 is 3.07 bits per heavy atom. The molecule has 0 radical (unpaired) electrons. The molecule has 1 aromatic heterocycles. The first-order chi connectivity index (χ1) is 13.2. The number of carbonyl (C=O) groups excluding carboxylic acids is 1. The lowest BCUT2D eigenvalue weighted by Crippen LogP contribution is -2.47. The van der Waals surface area contributed by atoms with E-state index in [2.05, 4.69) is 54.6 Å². The Labute approximate surface area is 159 Å². The summed E-state index contributed by atoms with van der Waals surface area (Å²) in [7, 11) is 0. The molecular formula is C20H26N6O. The van der Waals surface area contributed by atoms with E-state index in [0.29, 0.717) is 12.5 Å². The highest BCUT2D eigenvalue weighted by molar-refractivity contribution is 5.84. The van der Waals surface area contributed by atoms with Gasteiger partial charge < -0.3 is 15.2 Å². The van der Waals surface area contributed by atoms with Crippen LogP contribution in [-0.4, -0.2) is 51.8 Å². The average molecular weight is 366 g/mol. The number of carbonyl (C=O) groups is 1. The third-order valence-corrected chi connectivity index (χ3v) is 6.39. The highest BCUT2D eigenvalue weighted by atomic mass is 16.2. The monoisotopic (exact) mass is 366 g/mol. The molecule has 1 aromatic carbocycles. The summed E-state index contributed by atoms with van der Waals surface area (Å²) in [6, 6.07) is 10.5. The second kappa shape index (κ2) is 6.73. The number of hydrogen-bond acceptors (Lipinski definition) is 5. The van der Waals surface area contributed by atoms with Crippen LogP contribution in [0.25, 0.3) is 0 Å². The fourth-order valence-corrected chi connectivity index (χ4v) is 4.99. The van der Waals surface area contributed by atoms with E-state index in [0.717, 1.165) is 63.8 Å². The Bertz CT molecular complexity index is 834. The van der Waals surface area contributed by atoms with Crippen LogP contribution in [0.5, 0.6) is 0 Å². The number of fused-ring (bicyclic) bond motifs is 2. The van der Waals surface area contributed by atoms with Crippen molar-refractivity contribution in [1.29, 1.82) is 0 Å². The first-order valence-corrected chi connectivity index (χ1v) is 9.91. The number of nitrogens with one attached hydrogen (secondary N) is 2. The molecule has 5 rings (SSSR count). The highest BCUT2D eigenvalue weighted by Crippen LogP contribution is 2.39. The van der Waals surface area contributed by atoms with Crippen LogP contribution in [0.3, 0.4) is 0 Å². The van der Waals surface area contributed by atoms with Gasteiger partial charge in [-0.15, -0.1) is 10.2 Å². The van der Waals surface area contributed by atoms with Gasteiger partial charge in [-0.3, -0.25) is 9.69 Å². The van der Waals surface area contributed by atoms with E-state index in [9.17, 15) is 4.79 Å². The number of amides is 1. The molecule has 3 aliphatic rings. The van der Waals surface area contributed by atoms with Gasteiger partial charge in [0.1, 0.15) is 5.82 Å². The molecule has 142 valence electrons. The van der Waals surface area contributed by atoms with Crippen LogP contribution in [0, 0.1) is 11.3 Å². The molecule has 0 bridgehead atoms. The fraction of sp³-hybridized carbons (Fsp3) is 0.550. The Morgan fingerprint density at radius 2 is 2.19 bits per heavy atom. The maximum Gasteiger partial charge on any atom is 0.229 e. The quantitative estimate of drug-likeness (QED) is 0.809. The number of likely N-dealkylation sites (tertiary alicyclic amines) is 1. The molecule has 2 N–H and O–H groups in total. The Kier molecular flexibility index (Phi) is 4.21. The number of aryl methyl sites for hydroxylation is 1. The highest BCUT2D eigenvalue weighted by Gasteiger charge is 2.54. The van der Waals surface area contributed by atoms with E-state index in [1.807, 2.05) is 6.07 Å². The summed E-state index contributed by atoms with van der Waals surface area (Å²) in [5, 5.41) is 15.1. The molecule has 7 nitrogen and oxygen atoms in total. The third kappa shape index (κ3) is 2.95. The molecule has 1 amide bonds. The molecule has 3 aliphatic heterocycles. The Hall–Kier alpha value is -2.25. The van der Waals surface area contributed by atoms with Crippen LogP contribution in [-0.2, 0) is 30.8 Å². The lowest BCUT2D eigenvalue weighted by atomic mass is 9.80. The number of aromatic nitrogens is 3. The summed E-state index contributed by atoms with van der Waals surface area (Å²) < 4.78 is 2.15. The van der Waals surface area contributed by atoms with Crippen molar-refractivity contribution >= 4 is 5.91 Å². The van der Waals surface area contributed by atoms with E-state index < -0.39 is 0 Å². The standard InChI is InChI=1S/C20H26N6O/c27-19(22-10-18-24-23-17-7-4-8-26(17)18)20-13-21-9-16(20)12-25(14-20)11-15-5-2-1-3-6-15/h1-3,5-6,16,21H,4,7-14H2,(H,22,27)/t16-,20-/m1/s1. The summed E-state index contributed by atoms with van der Waals surface area (Å²) in [6.45, 7) is 5.79. The predicted octanol–water partition coefficient (Wildman–Crippen LogP) is 0.562. The van der Waals surface area contributed by atoms with Gasteiger partial charge in [-0.25, -0.2) is 0 Å². The van der Waals surface area contributed by atoms with Crippen molar-refractivity contribution in [3.63, 3.8) is 0 Å². The van der Waals surface area contributed by atoms with Crippen LogP contribution in [0.15, 0.2) is 30.3 Å². The van der Waals surface area contributed by atoms with Crippen LogP contribution in [0.1, 0.15) is 23.6 Å². The second-order valence-corrected chi connectivity index (χ2v) is 8.11. The number of hydrogen-bond donors (Lipinski definition) is 2. The second-order valence-electron chi connectivity index (χ2n) is 8.11. The van der Waals surface area contributed by atoms with Crippen molar-refractivity contribution in [2.75, 3.05) is 26.2 Å². The van der Waals surface area contributed by atoms with Crippen LogP contribution in [0.4, 0.5) is 0 Å². The predicted molar refractivity (Wildman–Crippen MR) is 101 cm³/mol. The summed E-state index contributed by atoms with van der Waals surface area (Å²) in [6.07, 6.45) is 2.11. The van der Waals surface area contributed by atoms with Crippen LogP contribution < -0.4 is 10.6 Å².